The fourth-order valence-electron chi connectivity index (χ4n) is 3.32. The molecule has 0 unspecified atom stereocenters. The van der Waals surface area contributed by atoms with Gasteiger partial charge in [0.25, 0.3) is 5.91 Å². The molecule has 1 heterocycles. The van der Waals surface area contributed by atoms with E-state index in [1.165, 1.54) is 0 Å². The summed E-state index contributed by atoms with van der Waals surface area (Å²) in [5.74, 6) is -0.189. The Kier molecular flexibility index (Phi) is 8.24. The number of nitrogens with zero attached hydrogens (tertiary/aromatic N) is 2. The highest BCUT2D eigenvalue weighted by molar-refractivity contribution is 6.06. The molecule has 0 spiro atoms. The molecule has 0 radical (unpaired) electrons. The van der Waals surface area contributed by atoms with Crippen LogP contribution in [0.2, 0.25) is 0 Å². The summed E-state index contributed by atoms with van der Waals surface area (Å²) in [4.78, 5) is 31.0. The number of benzene rings is 2. The van der Waals surface area contributed by atoms with Crippen molar-refractivity contribution in [2.75, 3.05) is 30.8 Å². The summed E-state index contributed by atoms with van der Waals surface area (Å²) in [5, 5.41) is 6.41. The summed E-state index contributed by atoms with van der Waals surface area (Å²) in [5.41, 5.74) is 3.16. The highest BCUT2D eigenvalue weighted by Crippen LogP contribution is 2.32. The van der Waals surface area contributed by atoms with E-state index in [-0.39, 0.29) is 12.0 Å². The minimum Gasteiger partial charge on any atom is -0.444 e. The topological polar surface area (TPSA) is 83.6 Å². The third-order valence-corrected chi connectivity index (χ3v) is 4.96. The molecule has 2 aromatic carbocycles. The van der Waals surface area contributed by atoms with E-state index in [1.54, 1.807) is 36.3 Å². The molecule has 0 aliphatic heterocycles. The van der Waals surface area contributed by atoms with Gasteiger partial charge >= 0.3 is 6.09 Å². The monoisotopic (exact) mass is 460 g/mol. The Balaban J connectivity index is 1.67. The number of rotatable bonds is 8. The molecule has 0 bridgehead atoms. The van der Waals surface area contributed by atoms with Crippen molar-refractivity contribution in [2.45, 2.75) is 32.8 Å². The zero-order valence-electron chi connectivity index (χ0n) is 20.2. The normalized spacial score (nSPS) is 10.9. The maximum absolute atomic E-state index is 12.7. The first-order valence-electron chi connectivity index (χ1n) is 11.3. The molecule has 7 nitrogen and oxygen atoms in total. The molecule has 0 fully saturated rings. The molecule has 34 heavy (non-hydrogen) atoms. The van der Waals surface area contributed by atoms with Crippen molar-refractivity contribution in [3.8, 4) is 11.3 Å². The van der Waals surface area contributed by atoms with Crippen LogP contribution in [0.25, 0.3) is 11.3 Å². The number of pyridine rings is 1. The molecular weight excluding hydrogens is 428 g/mol. The number of nitrogens with one attached hydrogen (secondary N) is 2. The summed E-state index contributed by atoms with van der Waals surface area (Å²) in [6, 6.07) is 20.6. The third kappa shape index (κ3) is 7.07. The number of carbonyl (C=O) groups excluding carboxylic acids is 2. The van der Waals surface area contributed by atoms with Gasteiger partial charge in [0.15, 0.2) is 0 Å². The first kappa shape index (κ1) is 24.8. The van der Waals surface area contributed by atoms with Crippen LogP contribution < -0.4 is 10.6 Å². The van der Waals surface area contributed by atoms with Crippen LogP contribution in [0.4, 0.5) is 16.2 Å². The lowest BCUT2D eigenvalue weighted by molar-refractivity contribution is 0.0298. The van der Waals surface area contributed by atoms with Crippen LogP contribution in [-0.4, -0.2) is 47.6 Å². The van der Waals surface area contributed by atoms with Gasteiger partial charge < -0.3 is 20.3 Å². The highest BCUT2D eigenvalue weighted by atomic mass is 16.6. The van der Waals surface area contributed by atoms with Crippen molar-refractivity contribution in [3.05, 3.63) is 78.5 Å². The number of ether oxygens (including phenoxy) is 1. The Morgan fingerprint density at radius 3 is 2.35 bits per heavy atom. The van der Waals surface area contributed by atoms with Crippen LogP contribution in [0.15, 0.2) is 72.9 Å². The SMILES string of the molecule is CN(CCCNc1ccccc1-c1ncccc1NC(=O)c1ccccc1)C(=O)OC(C)(C)C. The van der Waals surface area contributed by atoms with Gasteiger partial charge in [0.2, 0.25) is 0 Å². The van der Waals surface area contributed by atoms with Crippen molar-refractivity contribution in [3.63, 3.8) is 0 Å². The Morgan fingerprint density at radius 1 is 0.941 bits per heavy atom. The van der Waals surface area contributed by atoms with Crippen molar-refractivity contribution in [1.82, 2.24) is 9.88 Å². The number of carbonyl (C=O) groups is 2. The lowest BCUT2D eigenvalue weighted by Gasteiger charge is -2.24. The second kappa shape index (κ2) is 11.3. The number of anilines is 2. The van der Waals surface area contributed by atoms with Gasteiger partial charge in [-0.1, -0.05) is 36.4 Å². The fraction of sp³-hybridized carbons (Fsp3) is 0.296. The molecule has 178 valence electrons. The molecule has 1 aromatic heterocycles. The van der Waals surface area contributed by atoms with Gasteiger partial charge in [-0.05, 0) is 57.5 Å². The van der Waals surface area contributed by atoms with E-state index in [9.17, 15) is 9.59 Å². The number of aromatic nitrogens is 1. The third-order valence-electron chi connectivity index (χ3n) is 4.96. The Hall–Kier alpha value is -3.87. The first-order chi connectivity index (χ1) is 16.2. The van der Waals surface area contributed by atoms with Crippen LogP contribution in [0.1, 0.15) is 37.6 Å². The average Bonchev–Trinajstić information content (AvgIpc) is 2.82. The molecule has 0 atom stereocenters. The minimum atomic E-state index is -0.515. The molecule has 3 rings (SSSR count). The highest BCUT2D eigenvalue weighted by Gasteiger charge is 2.19. The second-order valence-corrected chi connectivity index (χ2v) is 8.95. The summed E-state index contributed by atoms with van der Waals surface area (Å²) in [6.07, 6.45) is 2.12. The van der Waals surface area contributed by atoms with Crippen LogP contribution in [0.3, 0.4) is 0 Å². The fourth-order valence-corrected chi connectivity index (χ4v) is 3.32. The number of para-hydroxylation sites is 1. The summed E-state index contributed by atoms with van der Waals surface area (Å²) >= 11 is 0. The van der Waals surface area contributed by atoms with Crippen molar-refractivity contribution < 1.29 is 14.3 Å². The number of hydrogen-bond acceptors (Lipinski definition) is 5. The average molecular weight is 461 g/mol. The van der Waals surface area contributed by atoms with E-state index < -0.39 is 5.60 Å². The zero-order valence-corrected chi connectivity index (χ0v) is 20.2. The molecule has 0 saturated carbocycles. The van der Waals surface area contributed by atoms with Gasteiger partial charge in [0.1, 0.15) is 5.60 Å². The lowest BCUT2D eigenvalue weighted by atomic mass is 10.1. The minimum absolute atomic E-state index is 0.189. The van der Waals surface area contributed by atoms with Gasteiger partial charge in [-0.3, -0.25) is 9.78 Å². The maximum Gasteiger partial charge on any atom is 0.410 e. The Labute approximate surface area is 201 Å². The van der Waals surface area contributed by atoms with Gasteiger partial charge in [-0.2, -0.15) is 0 Å². The van der Waals surface area contributed by atoms with E-state index in [4.69, 9.17) is 4.74 Å². The molecule has 2 N–H and O–H groups in total. The van der Waals surface area contributed by atoms with Crippen molar-refractivity contribution >= 4 is 23.4 Å². The van der Waals surface area contributed by atoms with E-state index in [0.717, 1.165) is 17.7 Å². The predicted octanol–water partition coefficient (Wildman–Crippen LogP) is 5.67. The lowest BCUT2D eigenvalue weighted by Crippen LogP contribution is -2.35. The molecule has 0 aliphatic rings. The van der Waals surface area contributed by atoms with E-state index in [2.05, 4.69) is 15.6 Å². The Morgan fingerprint density at radius 2 is 1.62 bits per heavy atom. The predicted molar refractivity (Wildman–Crippen MR) is 136 cm³/mol. The molecular formula is C27H32N4O3. The van der Waals surface area contributed by atoms with Gasteiger partial charge in [0, 0.05) is 43.1 Å². The summed E-state index contributed by atoms with van der Waals surface area (Å²) < 4.78 is 5.39. The standard InChI is InChI=1S/C27H32N4O3/c1-27(2,3)34-26(33)31(4)19-11-18-28-22-15-9-8-14-21(22)24-23(16-10-17-29-24)30-25(32)20-12-6-5-7-13-20/h5-10,12-17,28H,11,18-19H2,1-4H3,(H,30,32). The van der Waals surface area contributed by atoms with Crippen LogP contribution in [-0.2, 0) is 4.74 Å². The van der Waals surface area contributed by atoms with E-state index in [1.807, 2.05) is 69.3 Å². The van der Waals surface area contributed by atoms with Gasteiger partial charge in [-0.15, -0.1) is 0 Å². The van der Waals surface area contributed by atoms with Crippen LogP contribution in [0, 0.1) is 0 Å². The molecule has 0 saturated heterocycles. The quantitative estimate of drug-likeness (QED) is 0.423. The zero-order chi connectivity index (χ0) is 24.6. The van der Waals surface area contributed by atoms with E-state index in [0.29, 0.717) is 30.0 Å². The molecule has 7 heteroatoms. The van der Waals surface area contributed by atoms with Crippen molar-refractivity contribution in [1.29, 1.82) is 0 Å². The summed E-state index contributed by atoms with van der Waals surface area (Å²) in [7, 11) is 1.73. The Bertz CT molecular complexity index is 1110. The largest absolute Gasteiger partial charge is 0.444 e. The van der Waals surface area contributed by atoms with E-state index >= 15 is 0 Å². The second-order valence-electron chi connectivity index (χ2n) is 8.95. The van der Waals surface area contributed by atoms with Gasteiger partial charge in [0.05, 0.1) is 11.4 Å². The number of hydrogen-bond donors (Lipinski definition) is 2. The first-order valence-corrected chi connectivity index (χ1v) is 11.3. The number of amides is 2. The maximum atomic E-state index is 12.7. The molecule has 2 amide bonds. The molecule has 0 aliphatic carbocycles. The molecule has 3 aromatic rings. The van der Waals surface area contributed by atoms with Crippen LogP contribution >= 0.6 is 0 Å². The smallest absolute Gasteiger partial charge is 0.410 e. The summed E-state index contributed by atoms with van der Waals surface area (Å²) in [6.45, 7) is 6.77. The van der Waals surface area contributed by atoms with Gasteiger partial charge in [-0.25, -0.2) is 4.79 Å². The van der Waals surface area contributed by atoms with Crippen molar-refractivity contribution in [2.24, 2.45) is 0 Å². The van der Waals surface area contributed by atoms with Crippen LogP contribution in [0.5, 0.6) is 0 Å².